The summed E-state index contributed by atoms with van der Waals surface area (Å²) in [5.74, 6) is 1.30. The molecule has 1 fully saturated rings. The van der Waals surface area contributed by atoms with Gasteiger partial charge in [0, 0.05) is 23.8 Å². The summed E-state index contributed by atoms with van der Waals surface area (Å²) in [6, 6.07) is 3.74. The molecule has 0 saturated heterocycles. The van der Waals surface area contributed by atoms with Crippen LogP contribution in [-0.4, -0.2) is 31.7 Å². The zero-order valence-corrected chi connectivity index (χ0v) is 15.1. The molecule has 0 aliphatic heterocycles. The second-order valence-electron chi connectivity index (χ2n) is 5.76. The summed E-state index contributed by atoms with van der Waals surface area (Å²) in [7, 11) is -1.62. The van der Waals surface area contributed by atoms with Crippen LogP contribution in [0, 0.1) is 5.92 Å². The first-order valence-electron chi connectivity index (χ1n) is 7.61. The molecule has 3 nitrogen and oxygen atoms in total. The third-order valence-electron chi connectivity index (χ3n) is 4.52. The van der Waals surface area contributed by atoms with Crippen LogP contribution in [0.2, 0.25) is 0 Å². The highest BCUT2D eigenvalue weighted by Crippen LogP contribution is 2.33. The number of nitrogens with zero attached hydrogens (tertiary/aromatic N) is 1. The molecule has 21 heavy (non-hydrogen) atoms. The molecule has 120 valence electrons. The summed E-state index contributed by atoms with van der Waals surface area (Å²) < 4.78 is 27.4. The van der Waals surface area contributed by atoms with Crippen LogP contribution >= 0.6 is 22.9 Å². The summed E-state index contributed by atoms with van der Waals surface area (Å²) in [4.78, 5) is 1.03. The van der Waals surface area contributed by atoms with Gasteiger partial charge in [-0.05, 0) is 50.2 Å². The van der Waals surface area contributed by atoms with Crippen molar-refractivity contribution >= 4 is 33.0 Å². The molecule has 0 spiro atoms. The van der Waals surface area contributed by atoms with E-state index >= 15 is 0 Å². The van der Waals surface area contributed by atoms with Gasteiger partial charge in [0.1, 0.15) is 4.21 Å². The molecule has 0 unspecified atom stereocenters. The van der Waals surface area contributed by atoms with E-state index in [0.717, 1.165) is 42.9 Å². The minimum Gasteiger partial charge on any atom is -0.206 e. The van der Waals surface area contributed by atoms with Gasteiger partial charge in [0.2, 0.25) is 0 Å². The van der Waals surface area contributed by atoms with Crippen LogP contribution in [0.25, 0.3) is 0 Å². The van der Waals surface area contributed by atoms with Gasteiger partial charge in [-0.15, -0.1) is 22.9 Å². The molecule has 2 rings (SSSR count). The molecular formula is C15H24ClNO2S2. The highest BCUT2D eigenvalue weighted by molar-refractivity contribution is 7.91. The third kappa shape index (κ3) is 4.01. The SMILES string of the molecule is CCC1CCC(N(C)S(=O)(=O)c2ccc(CCCl)s2)CC1. The first-order chi connectivity index (χ1) is 9.98. The molecule has 1 heterocycles. The van der Waals surface area contributed by atoms with Crippen LogP contribution in [-0.2, 0) is 16.4 Å². The fourth-order valence-electron chi connectivity index (χ4n) is 2.98. The largest absolute Gasteiger partial charge is 0.252 e. The standard InChI is InChI=1S/C15H24ClNO2S2/c1-3-12-4-6-13(7-5-12)17(2)21(18,19)15-9-8-14(20-15)10-11-16/h8-9,12-13H,3-7,10-11H2,1-2H3. The summed E-state index contributed by atoms with van der Waals surface area (Å²) in [6.07, 6.45) is 6.18. The van der Waals surface area contributed by atoms with Gasteiger partial charge >= 0.3 is 0 Å². The highest BCUT2D eigenvalue weighted by Gasteiger charge is 2.31. The first kappa shape index (κ1) is 17.3. The Balaban J connectivity index is 2.07. The number of sulfonamides is 1. The van der Waals surface area contributed by atoms with E-state index < -0.39 is 10.0 Å². The van der Waals surface area contributed by atoms with Gasteiger partial charge in [-0.1, -0.05) is 13.3 Å². The maximum absolute atomic E-state index is 12.7. The molecular weight excluding hydrogens is 326 g/mol. The second-order valence-corrected chi connectivity index (χ2v) is 9.53. The van der Waals surface area contributed by atoms with Crippen LogP contribution in [0.3, 0.4) is 0 Å². The smallest absolute Gasteiger partial charge is 0.206 e. The molecule has 6 heteroatoms. The van der Waals surface area contributed by atoms with E-state index in [1.54, 1.807) is 17.4 Å². The predicted molar refractivity (Wildman–Crippen MR) is 89.7 cm³/mol. The lowest BCUT2D eigenvalue weighted by Crippen LogP contribution is -2.39. The summed E-state index contributed by atoms with van der Waals surface area (Å²) >= 11 is 7.07. The van der Waals surface area contributed by atoms with Gasteiger partial charge < -0.3 is 0 Å². The highest BCUT2D eigenvalue weighted by atomic mass is 35.5. The zero-order chi connectivity index (χ0) is 15.5. The number of thiophene rings is 1. The van der Waals surface area contributed by atoms with Crippen molar-refractivity contribution in [3.63, 3.8) is 0 Å². The molecule has 1 aliphatic carbocycles. The molecule has 0 radical (unpaired) electrons. The van der Waals surface area contributed by atoms with Crippen LogP contribution in [0.1, 0.15) is 43.9 Å². The average Bonchev–Trinajstić information content (AvgIpc) is 2.96. The average molecular weight is 350 g/mol. The van der Waals surface area contributed by atoms with Crippen molar-refractivity contribution in [2.75, 3.05) is 12.9 Å². The van der Waals surface area contributed by atoms with E-state index in [9.17, 15) is 8.42 Å². The van der Waals surface area contributed by atoms with Crippen molar-refractivity contribution in [1.29, 1.82) is 0 Å². The number of aryl methyl sites for hydroxylation is 1. The fourth-order valence-corrected chi connectivity index (χ4v) is 6.25. The van der Waals surface area contributed by atoms with Gasteiger partial charge in [-0.3, -0.25) is 0 Å². The quantitative estimate of drug-likeness (QED) is 0.724. The Morgan fingerprint density at radius 2 is 1.95 bits per heavy atom. The summed E-state index contributed by atoms with van der Waals surface area (Å²) in [6.45, 7) is 2.22. The molecule has 0 atom stereocenters. The van der Waals surface area contributed by atoms with E-state index in [1.165, 1.54) is 17.8 Å². The Kier molecular flexibility index (Phi) is 6.12. The van der Waals surface area contributed by atoms with Gasteiger partial charge in [0.25, 0.3) is 10.0 Å². The Hall–Kier alpha value is -0.100. The monoisotopic (exact) mass is 349 g/mol. The lowest BCUT2D eigenvalue weighted by molar-refractivity contribution is 0.233. The zero-order valence-electron chi connectivity index (χ0n) is 12.7. The maximum atomic E-state index is 12.7. The summed E-state index contributed by atoms with van der Waals surface area (Å²) in [5.41, 5.74) is 0. The van der Waals surface area contributed by atoms with E-state index in [2.05, 4.69) is 6.92 Å². The minimum absolute atomic E-state index is 0.149. The van der Waals surface area contributed by atoms with E-state index in [0.29, 0.717) is 10.1 Å². The molecule has 0 N–H and O–H groups in total. The van der Waals surface area contributed by atoms with Crippen LogP contribution in [0.5, 0.6) is 0 Å². The number of rotatable bonds is 6. The van der Waals surface area contributed by atoms with Crippen molar-refractivity contribution in [2.45, 2.75) is 55.7 Å². The molecule has 1 saturated carbocycles. The fraction of sp³-hybridized carbons (Fsp3) is 0.733. The minimum atomic E-state index is -3.35. The van der Waals surface area contributed by atoms with Crippen molar-refractivity contribution in [1.82, 2.24) is 4.31 Å². The van der Waals surface area contributed by atoms with E-state index in [4.69, 9.17) is 11.6 Å². The number of alkyl halides is 1. The van der Waals surface area contributed by atoms with Gasteiger partial charge in [-0.25, -0.2) is 8.42 Å². The Morgan fingerprint density at radius 3 is 2.52 bits per heavy atom. The van der Waals surface area contributed by atoms with E-state index in [1.807, 2.05) is 6.07 Å². The Labute approximate surface area is 137 Å². The van der Waals surface area contributed by atoms with Gasteiger partial charge in [0.05, 0.1) is 0 Å². The number of hydrogen-bond acceptors (Lipinski definition) is 3. The Bertz CT molecular complexity index is 548. The van der Waals surface area contributed by atoms with Gasteiger partial charge in [-0.2, -0.15) is 4.31 Å². The van der Waals surface area contributed by atoms with Crippen molar-refractivity contribution < 1.29 is 8.42 Å². The van der Waals surface area contributed by atoms with Crippen molar-refractivity contribution in [3.8, 4) is 0 Å². The molecule has 1 aliphatic rings. The second kappa shape index (κ2) is 7.44. The lowest BCUT2D eigenvalue weighted by atomic mass is 9.85. The maximum Gasteiger partial charge on any atom is 0.252 e. The van der Waals surface area contributed by atoms with Crippen molar-refractivity contribution in [3.05, 3.63) is 17.0 Å². The van der Waals surface area contributed by atoms with Crippen LogP contribution < -0.4 is 0 Å². The number of hydrogen-bond donors (Lipinski definition) is 0. The molecule has 1 aromatic rings. The van der Waals surface area contributed by atoms with Crippen molar-refractivity contribution in [2.24, 2.45) is 5.92 Å². The van der Waals surface area contributed by atoms with Crippen LogP contribution in [0.4, 0.5) is 0 Å². The molecule has 0 amide bonds. The van der Waals surface area contributed by atoms with Crippen LogP contribution in [0.15, 0.2) is 16.3 Å². The third-order valence-corrected chi connectivity index (χ3v) is 8.23. The topological polar surface area (TPSA) is 37.4 Å². The van der Waals surface area contributed by atoms with Gasteiger partial charge in [0.15, 0.2) is 0 Å². The summed E-state index contributed by atoms with van der Waals surface area (Å²) in [5, 5.41) is 0. The molecule has 1 aromatic heterocycles. The molecule has 0 bridgehead atoms. The predicted octanol–water partition coefficient (Wildman–Crippen LogP) is 4.12. The molecule has 0 aromatic carbocycles. The van der Waals surface area contributed by atoms with E-state index in [-0.39, 0.29) is 6.04 Å². The number of halogens is 1. The first-order valence-corrected chi connectivity index (χ1v) is 10.4. The Morgan fingerprint density at radius 1 is 1.29 bits per heavy atom. The normalized spacial score (nSPS) is 23.6. The lowest BCUT2D eigenvalue weighted by Gasteiger charge is -2.33.